The highest BCUT2D eigenvalue weighted by molar-refractivity contribution is 9.10. The highest BCUT2D eigenvalue weighted by Gasteiger charge is 2.67. The highest BCUT2D eigenvalue weighted by atomic mass is 79.9. The molecular weight excluding hydrogens is 526 g/mol. The van der Waals surface area contributed by atoms with E-state index in [2.05, 4.69) is 26.6 Å². The summed E-state index contributed by atoms with van der Waals surface area (Å²) in [5, 5.41) is 18.7. The molecule has 1 saturated heterocycles. The average Bonchev–Trinajstić information content (AvgIpc) is 3.33. The Bertz CT molecular complexity index is 1320. The number of hydrogen-bond donors (Lipinski definition) is 2. The summed E-state index contributed by atoms with van der Waals surface area (Å²) in [7, 11) is 0. The van der Waals surface area contributed by atoms with Crippen LogP contribution in [0.2, 0.25) is 0 Å². The predicted molar refractivity (Wildman–Crippen MR) is 139 cm³/mol. The number of amides is 1. The molecule has 9 heteroatoms. The molecule has 2 aliphatic rings. The number of anilines is 1. The summed E-state index contributed by atoms with van der Waals surface area (Å²) in [6, 6.07) is 18.9. The van der Waals surface area contributed by atoms with Crippen molar-refractivity contribution in [3.63, 3.8) is 0 Å². The second-order valence-corrected chi connectivity index (χ2v) is 9.89. The fourth-order valence-electron chi connectivity index (χ4n) is 5.47. The molecule has 0 aliphatic carbocycles. The monoisotopic (exact) mass is 551 g/mol. The Labute approximate surface area is 217 Å². The van der Waals surface area contributed by atoms with E-state index < -0.39 is 23.4 Å². The number of halogens is 1. The number of carbonyl (C=O) groups is 1. The quantitative estimate of drug-likeness (QED) is 0.316. The molecule has 1 spiro atoms. The van der Waals surface area contributed by atoms with Crippen LogP contribution < -0.4 is 20.1 Å². The molecular formula is C27H26BrN3O5. The Morgan fingerprint density at radius 3 is 2.53 bits per heavy atom. The van der Waals surface area contributed by atoms with Crippen LogP contribution in [0, 0.1) is 10.1 Å². The van der Waals surface area contributed by atoms with Crippen molar-refractivity contribution in [1.82, 2.24) is 5.32 Å². The molecule has 186 valence electrons. The van der Waals surface area contributed by atoms with E-state index in [4.69, 9.17) is 9.47 Å². The van der Waals surface area contributed by atoms with E-state index in [9.17, 15) is 14.9 Å². The molecule has 2 aliphatic heterocycles. The van der Waals surface area contributed by atoms with Gasteiger partial charge in [0.25, 0.3) is 11.9 Å². The molecule has 0 aromatic heterocycles. The van der Waals surface area contributed by atoms with E-state index in [1.165, 1.54) is 0 Å². The van der Waals surface area contributed by atoms with E-state index in [1.807, 2.05) is 50.2 Å². The molecule has 3 aromatic carbocycles. The molecule has 3 aromatic rings. The number of rotatable bonds is 7. The second kappa shape index (κ2) is 9.55. The Morgan fingerprint density at radius 1 is 1.08 bits per heavy atom. The first-order valence-corrected chi connectivity index (χ1v) is 12.6. The fourth-order valence-corrected chi connectivity index (χ4v) is 6.04. The Hall–Kier alpha value is -3.43. The minimum Gasteiger partial charge on any atom is -0.490 e. The first-order valence-electron chi connectivity index (χ1n) is 11.8. The average molecular weight is 552 g/mol. The molecule has 1 fully saturated rings. The lowest BCUT2D eigenvalue weighted by Crippen LogP contribution is -2.54. The molecule has 4 atom stereocenters. The Kier molecular flexibility index (Phi) is 6.44. The maximum atomic E-state index is 13.3. The fraction of sp³-hybridized carbons (Fsp3) is 0.296. The van der Waals surface area contributed by atoms with Gasteiger partial charge in [-0.05, 0) is 59.1 Å². The van der Waals surface area contributed by atoms with Crippen LogP contribution >= 0.6 is 15.9 Å². The van der Waals surface area contributed by atoms with Crippen molar-refractivity contribution < 1.29 is 19.2 Å². The number of nitro groups is 1. The number of hydrogen-bond acceptors (Lipinski definition) is 6. The zero-order valence-electron chi connectivity index (χ0n) is 19.9. The van der Waals surface area contributed by atoms with Gasteiger partial charge in [-0.15, -0.1) is 0 Å². The van der Waals surface area contributed by atoms with Gasteiger partial charge >= 0.3 is 0 Å². The van der Waals surface area contributed by atoms with Crippen molar-refractivity contribution in [2.45, 2.75) is 44.0 Å². The van der Waals surface area contributed by atoms with Crippen LogP contribution in [0.15, 0.2) is 71.2 Å². The van der Waals surface area contributed by atoms with E-state index in [0.717, 1.165) is 5.56 Å². The Morgan fingerprint density at radius 2 is 1.81 bits per heavy atom. The van der Waals surface area contributed by atoms with E-state index in [0.29, 0.717) is 46.0 Å². The first kappa shape index (κ1) is 24.3. The van der Waals surface area contributed by atoms with Crippen molar-refractivity contribution in [2.24, 2.45) is 0 Å². The predicted octanol–water partition coefficient (Wildman–Crippen LogP) is 5.00. The minimum atomic E-state index is -1.47. The second-order valence-electron chi connectivity index (χ2n) is 9.03. The standard InChI is InChI=1S/C27H26BrN3O5/c1-3-35-22-14-18(13-20(28)24(22)36-15-17-9-5-4-6-10-17)23-16(2)30-27(25(23)31(33)34)19-11-7-8-12-21(19)29-26(27)32/h4-14,16,23,25,30H,3,15H2,1-2H3,(H,29,32)/t16-,23-,25-,27+/m0/s1. The zero-order chi connectivity index (χ0) is 25.4. The lowest BCUT2D eigenvalue weighted by molar-refractivity contribution is -0.532. The summed E-state index contributed by atoms with van der Waals surface area (Å²) >= 11 is 3.60. The van der Waals surface area contributed by atoms with Gasteiger partial charge < -0.3 is 14.8 Å². The number of nitrogens with zero attached hydrogens (tertiary/aromatic N) is 1. The lowest BCUT2D eigenvalue weighted by Gasteiger charge is -2.26. The van der Waals surface area contributed by atoms with Crippen molar-refractivity contribution in [2.75, 3.05) is 11.9 Å². The third-order valence-electron chi connectivity index (χ3n) is 6.91. The maximum absolute atomic E-state index is 13.3. The van der Waals surface area contributed by atoms with Crippen LogP contribution in [0.25, 0.3) is 0 Å². The van der Waals surface area contributed by atoms with Crippen molar-refractivity contribution >= 4 is 27.5 Å². The summed E-state index contributed by atoms with van der Waals surface area (Å²) < 4.78 is 12.6. The molecule has 0 saturated carbocycles. The van der Waals surface area contributed by atoms with Crippen LogP contribution in [0.3, 0.4) is 0 Å². The molecule has 0 bridgehead atoms. The molecule has 5 rings (SSSR count). The number of fused-ring (bicyclic) bond motifs is 2. The van der Waals surface area contributed by atoms with Gasteiger partial charge in [-0.2, -0.15) is 0 Å². The van der Waals surface area contributed by atoms with Crippen molar-refractivity contribution in [3.05, 3.63) is 98.0 Å². The molecule has 2 N–H and O–H groups in total. The zero-order valence-corrected chi connectivity index (χ0v) is 21.4. The Balaban J connectivity index is 1.56. The van der Waals surface area contributed by atoms with Gasteiger partial charge in [0.15, 0.2) is 17.0 Å². The van der Waals surface area contributed by atoms with Crippen molar-refractivity contribution in [3.8, 4) is 11.5 Å². The van der Waals surface area contributed by atoms with Gasteiger partial charge in [0.05, 0.1) is 17.0 Å². The van der Waals surface area contributed by atoms with Gasteiger partial charge in [0.1, 0.15) is 6.61 Å². The highest BCUT2D eigenvalue weighted by Crippen LogP contribution is 2.51. The van der Waals surface area contributed by atoms with Crippen LogP contribution in [0.5, 0.6) is 11.5 Å². The van der Waals surface area contributed by atoms with Gasteiger partial charge in [-0.3, -0.25) is 20.2 Å². The molecule has 36 heavy (non-hydrogen) atoms. The third kappa shape index (κ3) is 3.92. The molecule has 8 nitrogen and oxygen atoms in total. The van der Waals surface area contributed by atoms with Crippen LogP contribution in [0.4, 0.5) is 5.69 Å². The van der Waals surface area contributed by atoms with Gasteiger partial charge in [0.2, 0.25) is 0 Å². The number of benzene rings is 3. The minimum absolute atomic E-state index is 0.336. The van der Waals surface area contributed by atoms with Crippen LogP contribution in [-0.4, -0.2) is 29.5 Å². The first-order chi connectivity index (χ1) is 17.4. The maximum Gasteiger partial charge on any atom is 0.256 e. The largest absolute Gasteiger partial charge is 0.490 e. The summed E-state index contributed by atoms with van der Waals surface area (Å²) in [6.45, 7) is 4.49. The van der Waals surface area contributed by atoms with Crippen molar-refractivity contribution in [1.29, 1.82) is 0 Å². The van der Waals surface area contributed by atoms with Gasteiger partial charge in [0, 0.05) is 22.2 Å². The topological polar surface area (TPSA) is 103 Å². The van der Waals surface area contributed by atoms with E-state index in [1.54, 1.807) is 30.3 Å². The number of carbonyl (C=O) groups excluding carboxylic acids is 1. The third-order valence-corrected chi connectivity index (χ3v) is 7.49. The number of para-hydroxylation sites is 1. The number of ether oxygens (including phenoxy) is 2. The van der Waals surface area contributed by atoms with Gasteiger partial charge in [-0.1, -0.05) is 48.5 Å². The van der Waals surface area contributed by atoms with E-state index >= 15 is 0 Å². The molecule has 2 heterocycles. The molecule has 0 unspecified atom stereocenters. The van der Waals surface area contributed by atoms with Gasteiger partial charge in [-0.25, -0.2) is 0 Å². The molecule has 1 amide bonds. The lowest BCUT2D eigenvalue weighted by atomic mass is 9.78. The summed E-state index contributed by atoms with van der Waals surface area (Å²) in [5.74, 6) is 0.00552. The summed E-state index contributed by atoms with van der Waals surface area (Å²) in [5.41, 5.74) is 1.41. The number of nitrogens with one attached hydrogen (secondary N) is 2. The summed E-state index contributed by atoms with van der Waals surface area (Å²) in [4.78, 5) is 25.5. The van der Waals surface area contributed by atoms with E-state index in [-0.39, 0.29) is 11.0 Å². The normalized spacial score (nSPS) is 24.4. The summed E-state index contributed by atoms with van der Waals surface area (Å²) in [6.07, 6.45) is 0. The van der Waals surface area contributed by atoms with Crippen LogP contribution in [0.1, 0.15) is 36.5 Å². The van der Waals surface area contributed by atoms with Crippen LogP contribution in [-0.2, 0) is 16.9 Å². The molecule has 0 radical (unpaired) electrons. The SMILES string of the molecule is CCOc1cc([C@@H]2[C@H](C)N[C@@]3(C(=O)Nc4ccccc43)[C@H]2[N+](=O)[O-])cc(Br)c1OCc1ccccc1. The smallest absolute Gasteiger partial charge is 0.256 e.